The lowest BCUT2D eigenvalue weighted by molar-refractivity contribution is -0.134. The minimum Gasteiger partial charge on any atom is -0.493 e. The lowest BCUT2D eigenvalue weighted by atomic mass is 10.1. The van der Waals surface area contributed by atoms with E-state index in [0.29, 0.717) is 64.4 Å². The summed E-state index contributed by atoms with van der Waals surface area (Å²) < 4.78 is 32.3. The van der Waals surface area contributed by atoms with Gasteiger partial charge >= 0.3 is 23.9 Å². The molecule has 0 bridgehead atoms. The molecule has 7 N–H and O–H groups in total. The van der Waals surface area contributed by atoms with Gasteiger partial charge in [-0.3, -0.25) is 4.98 Å². The van der Waals surface area contributed by atoms with Crippen molar-refractivity contribution in [2.45, 2.75) is 25.3 Å². The number of hydrogen-bond acceptors (Lipinski definition) is 9. The zero-order valence-corrected chi connectivity index (χ0v) is 24.5. The Kier molecular flexibility index (Phi) is 11.4. The number of nitrogens with one attached hydrogen (secondary N) is 1. The average molecular weight is 640 g/mol. The Bertz CT molecular complexity index is 1760. The molecule has 2 heterocycles. The Labute approximate surface area is 260 Å². The number of hydrogen-bond donors (Lipinski definition) is 6. The number of ether oxygens (including phenoxy) is 3. The standard InChI is InChI=1S/C23H22FN3O3.2C4H4O4/c1-13-9-15-16(27-13)3-4-19(22(15)24)30-18-5-8-26-17-11-21(20(28-2)10-14(17)18)29-12-23(25)6-7-23;2*5-3(6)1-2-4(7)8/h3-5,8-11,27H,6-7,12,25H2,1-2H3;2*1-2H,(H,5,6)(H,7,8)/b;2*2-1-. The number of carbonyl (C=O) groups is 4. The van der Waals surface area contributed by atoms with Crippen LogP contribution in [-0.2, 0) is 19.2 Å². The fourth-order valence-corrected chi connectivity index (χ4v) is 3.79. The molecule has 0 unspecified atom stereocenters. The average Bonchev–Trinajstić information content (AvgIpc) is 3.61. The summed E-state index contributed by atoms with van der Waals surface area (Å²) >= 11 is 0. The monoisotopic (exact) mass is 639 g/mol. The summed E-state index contributed by atoms with van der Waals surface area (Å²) in [5, 5.41) is 32.4. The van der Waals surface area contributed by atoms with Crippen molar-refractivity contribution < 1.29 is 58.2 Å². The molecule has 1 fully saturated rings. The molecule has 1 aliphatic carbocycles. The zero-order valence-electron chi connectivity index (χ0n) is 24.5. The van der Waals surface area contributed by atoms with Gasteiger partial charge in [-0.05, 0) is 50.1 Å². The number of carboxylic acids is 4. The van der Waals surface area contributed by atoms with E-state index < -0.39 is 29.7 Å². The molecule has 15 heteroatoms. The van der Waals surface area contributed by atoms with Gasteiger partial charge in [-0.1, -0.05) is 0 Å². The van der Waals surface area contributed by atoms with Crippen molar-refractivity contribution in [3.63, 3.8) is 0 Å². The van der Waals surface area contributed by atoms with Crippen molar-refractivity contribution in [2.24, 2.45) is 5.73 Å². The fraction of sp³-hybridized carbons (Fsp3) is 0.194. The number of aromatic nitrogens is 2. The van der Waals surface area contributed by atoms with Crippen molar-refractivity contribution in [2.75, 3.05) is 13.7 Å². The molecule has 14 nitrogen and oxygen atoms in total. The maximum atomic E-state index is 15.0. The molecule has 2 aromatic carbocycles. The minimum atomic E-state index is -1.26. The van der Waals surface area contributed by atoms with Gasteiger partial charge in [-0.15, -0.1) is 0 Å². The number of rotatable bonds is 10. The van der Waals surface area contributed by atoms with Crippen LogP contribution in [0.25, 0.3) is 21.8 Å². The predicted octanol–water partition coefficient (Wildman–Crippen LogP) is 4.26. The zero-order chi connectivity index (χ0) is 34.0. The van der Waals surface area contributed by atoms with E-state index in [-0.39, 0.29) is 11.3 Å². The van der Waals surface area contributed by atoms with Crippen LogP contribution in [0, 0.1) is 12.7 Å². The smallest absolute Gasteiger partial charge is 0.328 e. The molecule has 46 heavy (non-hydrogen) atoms. The maximum Gasteiger partial charge on any atom is 0.328 e. The van der Waals surface area contributed by atoms with Gasteiger partial charge in [0.1, 0.15) is 12.4 Å². The van der Waals surface area contributed by atoms with Gasteiger partial charge in [0, 0.05) is 58.6 Å². The number of nitrogens with two attached hydrogens (primary N) is 1. The van der Waals surface area contributed by atoms with E-state index in [9.17, 15) is 23.6 Å². The lowest BCUT2D eigenvalue weighted by Crippen LogP contribution is -2.29. The van der Waals surface area contributed by atoms with E-state index in [4.69, 9.17) is 40.4 Å². The molecule has 0 saturated heterocycles. The molecule has 0 spiro atoms. The van der Waals surface area contributed by atoms with E-state index in [1.807, 2.05) is 6.92 Å². The van der Waals surface area contributed by atoms with Crippen molar-refractivity contribution in [1.82, 2.24) is 9.97 Å². The number of aliphatic carboxylic acids is 4. The number of halogens is 1. The van der Waals surface area contributed by atoms with Crippen LogP contribution in [0.5, 0.6) is 23.0 Å². The van der Waals surface area contributed by atoms with E-state index in [0.717, 1.165) is 24.1 Å². The normalized spacial score (nSPS) is 13.0. The summed E-state index contributed by atoms with van der Waals surface area (Å²) in [6.07, 6.45) is 5.76. The molecular formula is C31H30FN3O11. The highest BCUT2D eigenvalue weighted by Gasteiger charge is 2.39. The van der Waals surface area contributed by atoms with Crippen LogP contribution in [0.4, 0.5) is 4.39 Å². The molecule has 0 radical (unpaired) electrons. The molecule has 0 amide bonds. The Morgan fingerprint density at radius 1 is 0.870 bits per heavy atom. The van der Waals surface area contributed by atoms with Gasteiger partial charge in [0.05, 0.1) is 18.2 Å². The third-order valence-corrected chi connectivity index (χ3v) is 6.19. The van der Waals surface area contributed by atoms with E-state index in [1.54, 1.807) is 49.7 Å². The SMILES string of the molecule is COc1cc2c(Oc3ccc4[nH]c(C)cc4c3F)ccnc2cc1OCC1(N)CC1.O=C(O)/C=C\C(=O)O.O=C(O)/C=C\C(=O)O. The van der Waals surface area contributed by atoms with E-state index in [2.05, 4.69) is 9.97 Å². The van der Waals surface area contributed by atoms with Crippen molar-refractivity contribution in [3.05, 3.63) is 78.4 Å². The lowest BCUT2D eigenvalue weighted by Gasteiger charge is -2.16. The summed E-state index contributed by atoms with van der Waals surface area (Å²) in [5.41, 5.74) is 8.15. The summed E-state index contributed by atoms with van der Waals surface area (Å²) in [4.78, 5) is 45.7. The van der Waals surface area contributed by atoms with Gasteiger partial charge in [0.15, 0.2) is 23.1 Å². The highest BCUT2D eigenvalue weighted by atomic mass is 19.1. The van der Waals surface area contributed by atoms with Crippen molar-refractivity contribution in [1.29, 1.82) is 0 Å². The second kappa shape index (κ2) is 15.2. The molecule has 2 aromatic heterocycles. The van der Waals surface area contributed by atoms with Crippen LogP contribution >= 0.6 is 0 Å². The number of H-pyrrole nitrogens is 1. The van der Waals surface area contributed by atoms with Gasteiger partial charge in [0.25, 0.3) is 0 Å². The predicted molar refractivity (Wildman–Crippen MR) is 162 cm³/mol. The largest absolute Gasteiger partial charge is 0.493 e. The van der Waals surface area contributed by atoms with E-state index in [1.165, 1.54) is 0 Å². The minimum absolute atomic E-state index is 0.145. The number of nitrogens with zero attached hydrogens (tertiary/aromatic N) is 1. The quantitative estimate of drug-likeness (QED) is 0.133. The third kappa shape index (κ3) is 10.1. The number of fused-ring (bicyclic) bond motifs is 2. The molecule has 1 saturated carbocycles. The number of carboxylic acid groups (broad SMARTS) is 4. The summed E-state index contributed by atoms with van der Waals surface area (Å²) in [5.74, 6) is -3.70. The van der Waals surface area contributed by atoms with Gasteiger partial charge in [-0.25, -0.2) is 23.6 Å². The Morgan fingerprint density at radius 3 is 1.98 bits per heavy atom. The highest BCUT2D eigenvalue weighted by Crippen LogP contribution is 2.40. The Hall–Kier alpha value is -5.96. The summed E-state index contributed by atoms with van der Waals surface area (Å²) in [7, 11) is 1.57. The van der Waals surface area contributed by atoms with Crippen LogP contribution in [0.15, 0.2) is 66.9 Å². The maximum absolute atomic E-state index is 15.0. The number of benzene rings is 2. The molecule has 1 aliphatic rings. The first kappa shape index (κ1) is 34.5. The first-order valence-corrected chi connectivity index (χ1v) is 13.3. The summed E-state index contributed by atoms with van der Waals surface area (Å²) in [6.45, 7) is 2.31. The van der Waals surface area contributed by atoms with Crippen LogP contribution in [-0.4, -0.2) is 73.5 Å². The first-order valence-electron chi connectivity index (χ1n) is 13.3. The van der Waals surface area contributed by atoms with Crippen molar-refractivity contribution >= 4 is 45.7 Å². The molecule has 4 aromatic rings. The second-order valence-corrected chi connectivity index (χ2v) is 9.89. The van der Waals surface area contributed by atoms with Gasteiger partial charge in [0.2, 0.25) is 0 Å². The van der Waals surface area contributed by atoms with Gasteiger partial charge < -0.3 is 45.4 Å². The van der Waals surface area contributed by atoms with Crippen LogP contribution in [0.3, 0.4) is 0 Å². The number of aromatic amines is 1. The first-order chi connectivity index (χ1) is 21.7. The number of pyridine rings is 1. The highest BCUT2D eigenvalue weighted by molar-refractivity contribution is 5.90. The summed E-state index contributed by atoms with van der Waals surface area (Å²) in [6, 6.07) is 10.5. The molecule has 0 atom stereocenters. The van der Waals surface area contributed by atoms with Gasteiger partial charge in [-0.2, -0.15) is 0 Å². The molecular weight excluding hydrogens is 609 g/mol. The van der Waals surface area contributed by atoms with Crippen LogP contribution in [0.2, 0.25) is 0 Å². The van der Waals surface area contributed by atoms with Crippen molar-refractivity contribution in [3.8, 4) is 23.0 Å². The molecule has 0 aliphatic heterocycles. The number of methoxy groups -OCH3 is 1. The topological polar surface area (TPSA) is 232 Å². The van der Waals surface area contributed by atoms with Crippen LogP contribution in [0.1, 0.15) is 18.5 Å². The Morgan fingerprint density at radius 2 is 1.46 bits per heavy atom. The molecule has 5 rings (SSSR count). The second-order valence-electron chi connectivity index (χ2n) is 9.89. The molecule has 242 valence electrons. The third-order valence-electron chi connectivity index (χ3n) is 6.19. The van der Waals surface area contributed by atoms with E-state index >= 15 is 0 Å². The number of aryl methyl sites for hydroxylation is 1. The fourth-order valence-electron chi connectivity index (χ4n) is 3.79. The van der Waals surface area contributed by atoms with Crippen LogP contribution < -0.4 is 19.9 Å². The Balaban J connectivity index is 0.000000299.